The van der Waals surface area contributed by atoms with Crippen LogP contribution in [0.1, 0.15) is 20.8 Å². The number of carbonyl (C=O) groups excluding carboxylic acids is 1. The zero-order valence-electron chi connectivity index (χ0n) is 11.2. The van der Waals surface area contributed by atoms with Gasteiger partial charge in [-0.25, -0.2) is 0 Å². The van der Waals surface area contributed by atoms with Crippen LogP contribution in [0.25, 0.3) is 0 Å². The van der Waals surface area contributed by atoms with E-state index in [1.54, 1.807) is 6.20 Å². The van der Waals surface area contributed by atoms with Crippen LogP contribution in [0.4, 0.5) is 0 Å². The second-order valence-electron chi connectivity index (χ2n) is 4.73. The Morgan fingerprint density at radius 3 is 2.61 bits per heavy atom. The Labute approximate surface area is 115 Å². The monoisotopic (exact) mass is 274 g/mol. The van der Waals surface area contributed by atoms with Crippen LogP contribution in [0.5, 0.6) is 0 Å². The molecule has 104 valence electrons. The first-order valence-electron chi connectivity index (χ1n) is 6.01. The summed E-state index contributed by atoms with van der Waals surface area (Å²) in [5.41, 5.74) is 5.68. The van der Waals surface area contributed by atoms with Gasteiger partial charge in [0.15, 0.2) is 0 Å². The lowest BCUT2D eigenvalue weighted by Gasteiger charge is -2.18. The van der Waals surface area contributed by atoms with E-state index in [0.717, 1.165) is 6.54 Å². The van der Waals surface area contributed by atoms with Gasteiger partial charge in [0.05, 0.1) is 0 Å². The highest BCUT2D eigenvalue weighted by atomic mass is 35.5. The van der Waals surface area contributed by atoms with E-state index in [-0.39, 0.29) is 30.3 Å². The average molecular weight is 275 g/mol. The van der Waals surface area contributed by atoms with Crippen molar-refractivity contribution in [3.05, 3.63) is 18.5 Å². The van der Waals surface area contributed by atoms with Gasteiger partial charge in [0, 0.05) is 37.4 Å². The first-order chi connectivity index (χ1) is 8.00. The predicted octanol–water partition coefficient (Wildman–Crippen LogP) is 1.04. The van der Waals surface area contributed by atoms with E-state index in [1.165, 1.54) is 0 Å². The van der Waals surface area contributed by atoms with Crippen molar-refractivity contribution >= 4 is 18.3 Å². The van der Waals surface area contributed by atoms with Gasteiger partial charge in [-0.05, 0) is 18.9 Å². The SMILES string of the molecule is CC(CNC(=O)C(C)C(C)N)Cn1cccn1.Cl. The highest BCUT2D eigenvalue weighted by Gasteiger charge is 2.17. The van der Waals surface area contributed by atoms with E-state index in [4.69, 9.17) is 5.73 Å². The summed E-state index contributed by atoms with van der Waals surface area (Å²) in [4.78, 5) is 11.7. The van der Waals surface area contributed by atoms with Crippen molar-refractivity contribution in [2.45, 2.75) is 33.4 Å². The quantitative estimate of drug-likeness (QED) is 0.814. The van der Waals surface area contributed by atoms with Gasteiger partial charge in [-0.2, -0.15) is 5.10 Å². The molecule has 0 saturated heterocycles. The van der Waals surface area contributed by atoms with Gasteiger partial charge in [-0.1, -0.05) is 13.8 Å². The molecule has 0 radical (unpaired) electrons. The number of halogens is 1. The topological polar surface area (TPSA) is 72.9 Å². The summed E-state index contributed by atoms with van der Waals surface area (Å²) in [7, 11) is 0. The third kappa shape index (κ3) is 5.51. The van der Waals surface area contributed by atoms with Gasteiger partial charge in [0.1, 0.15) is 0 Å². The normalized spacial score (nSPS) is 15.3. The molecule has 0 spiro atoms. The molecule has 1 heterocycles. The highest BCUT2D eigenvalue weighted by molar-refractivity contribution is 5.85. The van der Waals surface area contributed by atoms with E-state index in [2.05, 4.69) is 17.3 Å². The summed E-state index contributed by atoms with van der Waals surface area (Å²) < 4.78 is 1.87. The molecular formula is C12H23ClN4O. The second-order valence-corrected chi connectivity index (χ2v) is 4.73. The number of nitrogens with two attached hydrogens (primary N) is 1. The van der Waals surface area contributed by atoms with Crippen molar-refractivity contribution in [1.29, 1.82) is 0 Å². The van der Waals surface area contributed by atoms with Crippen molar-refractivity contribution in [2.75, 3.05) is 6.54 Å². The average Bonchev–Trinajstić information content (AvgIpc) is 2.77. The molecule has 5 nitrogen and oxygen atoms in total. The van der Waals surface area contributed by atoms with Crippen LogP contribution < -0.4 is 11.1 Å². The van der Waals surface area contributed by atoms with E-state index >= 15 is 0 Å². The molecule has 1 rings (SSSR count). The number of aromatic nitrogens is 2. The molecule has 1 aromatic rings. The summed E-state index contributed by atoms with van der Waals surface area (Å²) in [6.07, 6.45) is 3.67. The molecule has 1 amide bonds. The third-order valence-corrected chi connectivity index (χ3v) is 2.88. The minimum absolute atomic E-state index is 0. The minimum atomic E-state index is -0.146. The first kappa shape index (κ1) is 16.9. The van der Waals surface area contributed by atoms with Crippen molar-refractivity contribution in [3.63, 3.8) is 0 Å². The zero-order chi connectivity index (χ0) is 12.8. The second kappa shape index (κ2) is 8.11. The van der Waals surface area contributed by atoms with Crippen molar-refractivity contribution < 1.29 is 4.79 Å². The number of carbonyl (C=O) groups is 1. The Kier molecular flexibility index (Phi) is 7.62. The Morgan fingerprint density at radius 1 is 1.44 bits per heavy atom. The molecule has 3 atom stereocenters. The molecule has 0 aliphatic heterocycles. The van der Waals surface area contributed by atoms with E-state index in [1.807, 2.05) is 30.8 Å². The maximum atomic E-state index is 11.7. The molecule has 0 bridgehead atoms. The molecule has 18 heavy (non-hydrogen) atoms. The molecule has 3 unspecified atom stereocenters. The summed E-state index contributed by atoms with van der Waals surface area (Å²) in [5.74, 6) is 0.221. The van der Waals surface area contributed by atoms with Crippen LogP contribution >= 0.6 is 12.4 Å². The van der Waals surface area contributed by atoms with E-state index < -0.39 is 0 Å². The van der Waals surface area contributed by atoms with E-state index in [9.17, 15) is 4.79 Å². The number of amides is 1. The Hall–Kier alpha value is -1.07. The van der Waals surface area contributed by atoms with Crippen LogP contribution in [-0.4, -0.2) is 28.3 Å². The highest BCUT2D eigenvalue weighted by Crippen LogP contribution is 2.02. The lowest BCUT2D eigenvalue weighted by Crippen LogP contribution is -2.40. The molecule has 6 heteroatoms. The number of hydrogen-bond donors (Lipinski definition) is 2. The Balaban J connectivity index is 0.00000289. The lowest BCUT2D eigenvalue weighted by molar-refractivity contribution is -0.125. The summed E-state index contributed by atoms with van der Waals surface area (Å²) in [5, 5.41) is 7.05. The first-order valence-corrected chi connectivity index (χ1v) is 6.01. The van der Waals surface area contributed by atoms with Crippen molar-refractivity contribution in [1.82, 2.24) is 15.1 Å². The Bertz CT molecular complexity index is 340. The summed E-state index contributed by atoms with van der Waals surface area (Å²) in [6, 6.07) is 1.78. The van der Waals surface area contributed by atoms with Gasteiger partial charge >= 0.3 is 0 Å². The molecule has 0 aliphatic rings. The standard InChI is InChI=1S/C12H22N4O.ClH/c1-9(8-16-6-4-5-15-16)7-14-12(17)10(2)11(3)13;/h4-6,9-11H,7-8,13H2,1-3H3,(H,14,17);1H. The van der Waals surface area contributed by atoms with Gasteiger partial charge in [0.25, 0.3) is 0 Å². The fourth-order valence-electron chi connectivity index (χ4n) is 1.47. The molecule has 0 aliphatic carbocycles. The maximum Gasteiger partial charge on any atom is 0.224 e. The fourth-order valence-corrected chi connectivity index (χ4v) is 1.47. The van der Waals surface area contributed by atoms with Crippen molar-refractivity contribution in [3.8, 4) is 0 Å². The minimum Gasteiger partial charge on any atom is -0.355 e. The van der Waals surface area contributed by atoms with Crippen LogP contribution in [0.3, 0.4) is 0 Å². The zero-order valence-corrected chi connectivity index (χ0v) is 12.0. The smallest absolute Gasteiger partial charge is 0.224 e. The van der Waals surface area contributed by atoms with Crippen molar-refractivity contribution in [2.24, 2.45) is 17.6 Å². The van der Waals surface area contributed by atoms with Crippen LogP contribution in [0.2, 0.25) is 0 Å². The van der Waals surface area contributed by atoms with E-state index in [0.29, 0.717) is 12.5 Å². The third-order valence-electron chi connectivity index (χ3n) is 2.88. The number of nitrogens with one attached hydrogen (secondary N) is 1. The number of rotatable bonds is 6. The summed E-state index contributed by atoms with van der Waals surface area (Å²) in [6.45, 7) is 7.23. The van der Waals surface area contributed by atoms with Crippen LogP contribution in [-0.2, 0) is 11.3 Å². The molecule has 0 fully saturated rings. The van der Waals surface area contributed by atoms with Crippen LogP contribution in [0, 0.1) is 11.8 Å². The number of nitrogens with zero attached hydrogens (tertiary/aromatic N) is 2. The fraction of sp³-hybridized carbons (Fsp3) is 0.667. The van der Waals surface area contributed by atoms with Crippen LogP contribution in [0.15, 0.2) is 18.5 Å². The molecule has 0 saturated carbocycles. The van der Waals surface area contributed by atoms with Gasteiger partial charge in [-0.15, -0.1) is 12.4 Å². The van der Waals surface area contributed by atoms with Gasteiger partial charge in [0.2, 0.25) is 5.91 Å². The number of hydrogen-bond acceptors (Lipinski definition) is 3. The molecule has 0 aromatic carbocycles. The van der Waals surface area contributed by atoms with Gasteiger partial charge in [-0.3, -0.25) is 9.48 Å². The summed E-state index contributed by atoms with van der Waals surface area (Å²) >= 11 is 0. The Morgan fingerprint density at radius 2 is 2.11 bits per heavy atom. The molecular weight excluding hydrogens is 252 g/mol. The molecule has 1 aromatic heterocycles. The molecule has 3 N–H and O–H groups in total. The predicted molar refractivity (Wildman–Crippen MR) is 74.5 cm³/mol. The lowest BCUT2D eigenvalue weighted by atomic mass is 10.0. The maximum absolute atomic E-state index is 11.7. The largest absolute Gasteiger partial charge is 0.355 e. The van der Waals surface area contributed by atoms with Gasteiger partial charge < -0.3 is 11.1 Å².